The van der Waals surface area contributed by atoms with Gasteiger partial charge in [0.05, 0.1) is 11.6 Å². The zero-order valence-electron chi connectivity index (χ0n) is 9.14. The fourth-order valence-electron chi connectivity index (χ4n) is 2.13. The highest BCUT2D eigenvalue weighted by Crippen LogP contribution is 2.36. The van der Waals surface area contributed by atoms with E-state index < -0.39 is 0 Å². The van der Waals surface area contributed by atoms with Crippen LogP contribution < -0.4 is 10.1 Å². The Labute approximate surface area is 99.1 Å². The SMILES string of the molecule is COc1cc(C)cc(C2CCNC2)c1Br. The van der Waals surface area contributed by atoms with E-state index >= 15 is 0 Å². The first kappa shape index (κ1) is 11.0. The van der Waals surface area contributed by atoms with Gasteiger partial charge < -0.3 is 10.1 Å². The van der Waals surface area contributed by atoms with Gasteiger partial charge in [-0.25, -0.2) is 0 Å². The highest BCUT2D eigenvalue weighted by molar-refractivity contribution is 9.10. The maximum atomic E-state index is 5.36. The zero-order valence-corrected chi connectivity index (χ0v) is 10.7. The average molecular weight is 270 g/mol. The Bertz CT molecular complexity index is 359. The third kappa shape index (κ3) is 2.18. The van der Waals surface area contributed by atoms with E-state index in [1.165, 1.54) is 17.5 Å². The molecule has 1 heterocycles. The molecule has 0 amide bonds. The van der Waals surface area contributed by atoms with Crippen LogP contribution in [0.5, 0.6) is 5.75 Å². The van der Waals surface area contributed by atoms with Gasteiger partial charge in [-0.15, -0.1) is 0 Å². The standard InChI is InChI=1S/C12H16BrNO/c1-8-5-10(9-3-4-14-7-9)12(13)11(6-8)15-2/h5-6,9,14H,3-4,7H2,1-2H3. The summed E-state index contributed by atoms with van der Waals surface area (Å²) < 4.78 is 6.47. The van der Waals surface area contributed by atoms with Crippen molar-refractivity contribution in [2.75, 3.05) is 20.2 Å². The molecule has 0 aliphatic carbocycles. The van der Waals surface area contributed by atoms with Gasteiger partial charge in [-0.2, -0.15) is 0 Å². The van der Waals surface area contributed by atoms with E-state index in [0.29, 0.717) is 5.92 Å². The van der Waals surface area contributed by atoms with Crippen LogP contribution in [0.15, 0.2) is 16.6 Å². The van der Waals surface area contributed by atoms with Crippen LogP contribution in [0, 0.1) is 6.92 Å². The molecule has 1 fully saturated rings. The van der Waals surface area contributed by atoms with Crippen LogP contribution >= 0.6 is 15.9 Å². The molecule has 0 saturated carbocycles. The molecule has 1 aromatic rings. The normalized spacial score (nSPS) is 20.6. The van der Waals surface area contributed by atoms with Crippen molar-refractivity contribution < 1.29 is 4.74 Å². The molecular weight excluding hydrogens is 254 g/mol. The Balaban J connectivity index is 2.40. The predicted molar refractivity (Wildman–Crippen MR) is 65.7 cm³/mol. The number of hydrogen-bond acceptors (Lipinski definition) is 2. The summed E-state index contributed by atoms with van der Waals surface area (Å²) in [4.78, 5) is 0. The van der Waals surface area contributed by atoms with E-state index in [2.05, 4.69) is 40.3 Å². The van der Waals surface area contributed by atoms with Crippen molar-refractivity contribution in [1.29, 1.82) is 0 Å². The van der Waals surface area contributed by atoms with E-state index in [-0.39, 0.29) is 0 Å². The Hall–Kier alpha value is -0.540. The Morgan fingerprint density at radius 3 is 2.87 bits per heavy atom. The molecule has 1 N–H and O–H groups in total. The zero-order chi connectivity index (χ0) is 10.8. The van der Waals surface area contributed by atoms with E-state index in [9.17, 15) is 0 Å². The van der Waals surface area contributed by atoms with Gasteiger partial charge in [0.25, 0.3) is 0 Å². The lowest BCUT2D eigenvalue weighted by molar-refractivity contribution is 0.410. The molecule has 0 bridgehead atoms. The van der Waals surface area contributed by atoms with Crippen molar-refractivity contribution in [2.45, 2.75) is 19.3 Å². The summed E-state index contributed by atoms with van der Waals surface area (Å²) in [6.45, 7) is 4.30. The summed E-state index contributed by atoms with van der Waals surface area (Å²) in [7, 11) is 1.72. The van der Waals surface area contributed by atoms with Crippen molar-refractivity contribution in [1.82, 2.24) is 5.32 Å². The number of halogens is 1. The number of nitrogens with one attached hydrogen (secondary N) is 1. The summed E-state index contributed by atoms with van der Waals surface area (Å²) in [5, 5.41) is 3.39. The number of rotatable bonds is 2. The predicted octanol–water partition coefficient (Wildman–Crippen LogP) is 2.84. The molecule has 1 aliphatic rings. The first-order valence-corrected chi connectivity index (χ1v) is 6.06. The van der Waals surface area contributed by atoms with Crippen LogP contribution in [0.25, 0.3) is 0 Å². The fraction of sp³-hybridized carbons (Fsp3) is 0.500. The summed E-state index contributed by atoms with van der Waals surface area (Å²) >= 11 is 3.63. The lowest BCUT2D eigenvalue weighted by atomic mass is 9.96. The summed E-state index contributed by atoms with van der Waals surface area (Å²) in [6.07, 6.45) is 1.21. The molecule has 1 aromatic carbocycles. The molecule has 82 valence electrons. The summed E-state index contributed by atoms with van der Waals surface area (Å²) in [5.74, 6) is 1.56. The van der Waals surface area contributed by atoms with Gasteiger partial charge in [-0.05, 0) is 58.9 Å². The maximum absolute atomic E-state index is 5.36. The van der Waals surface area contributed by atoms with Crippen molar-refractivity contribution in [3.8, 4) is 5.75 Å². The molecule has 1 atom stereocenters. The van der Waals surface area contributed by atoms with Gasteiger partial charge in [-0.1, -0.05) is 6.07 Å². The van der Waals surface area contributed by atoms with Gasteiger partial charge in [0.1, 0.15) is 5.75 Å². The van der Waals surface area contributed by atoms with Crippen molar-refractivity contribution in [3.63, 3.8) is 0 Å². The van der Waals surface area contributed by atoms with Crippen LogP contribution in [0.2, 0.25) is 0 Å². The third-order valence-corrected chi connectivity index (χ3v) is 3.78. The number of hydrogen-bond donors (Lipinski definition) is 1. The van der Waals surface area contributed by atoms with E-state index in [1.54, 1.807) is 7.11 Å². The average Bonchev–Trinajstić information content (AvgIpc) is 2.74. The molecule has 3 heteroatoms. The van der Waals surface area contributed by atoms with Crippen LogP contribution in [0.3, 0.4) is 0 Å². The molecule has 1 unspecified atom stereocenters. The Morgan fingerprint density at radius 2 is 2.27 bits per heavy atom. The number of methoxy groups -OCH3 is 1. The van der Waals surface area contributed by atoms with E-state index in [1.807, 2.05) is 0 Å². The summed E-state index contributed by atoms with van der Waals surface area (Å²) in [6, 6.07) is 4.32. The number of ether oxygens (including phenoxy) is 1. The Morgan fingerprint density at radius 1 is 1.47 bits per heavy atom. The van der Waals surface area contributed by atoms with Gasteiger partial charge in [0.15, 0.2) is 0 Å². The van der Waals surface area contributed by atoms with Gasteiger partial charge in [0.2, 0.25) is 0 Å². The number of benzene rings is 1. The summed E-state index contributed by atoms with van der Waals surface area (Å²) in [5.41, 5.74) is 2.63. The minimum absolute atomic E-state index is 0.619. The molecule has 15 heavy (non-hydrogen) atoms. The topological polar surface area (TPSA) is 21.3 Å². The van der Waals surface area contributed by atoms with Crippen molar-refractivity contribution >= 4 is 15.9 Å². The van der Waals surface area contributed by atoms with Crippen LogP contribution in [0.4, 0.5) is 0 Å². The first-order chi connectivity index (χ1) is 7.22. The second-order valence-electron chi connectivity index (χ2n) is 4.06. The molecule has 0 aromatic heterocycles. The monoisotopic (exact) mass is 269 g/mol. The van der Waals surface area contributed by atoms with Gasteiger partial charge >= 0.3 is 0 Å². The van der Waals surface area contributed by atoms with Crippen molar-refractivity contribution in [2.24, 2.45) is 0 Å². The maximum Gasteiger partial charge on any atom is 0.133 e. The second kappa shape index (κ2) is 4.54. The molecule has 0 spiro atoms. The van der Waals surface area contributed by atoms with Crippen LogP contribution in [-0.4, -0.2) is 20.2 Å². The highest BCUT2D eigenvalue weighted by atomic mass is 79.9. The third-order valence-electron chi connectivity index (χ3n) is 2.93. The molecule has 2 rings (SSSR count). The van der Waals surface area contributed by atoms with Gasteiger partial charge in [0, 0.05) is 6.54 Å². The molecular formula is C12H16BrNO. The Kier molecular flexibility index (Phi) is 3.32. The first-order valence-electron chi connectivity index (χ1n) is 5.27. The van der Waals surface area contributed by atoms with Gasteiger partial charge in [-0.3, -0.25) is 0 Å². The fourth-order valence-corrected chi connectivity index (χ4v) is 2.84. The molecule has 2 nitrogen and oxygen atoms in total. The molecule has 1 saturated heterocycles. The smallest absolute Gasteiger partial charge is 0.133 e. The quantitative estimate of drug-likeness (QED) is 0.892. The highest BCUT2D eigenvalue weighted by Gasteiger charge is 2.20. The van der Waals surface area contributed by atoms with Crippen LogP contribution in [-0.2, 0) is 0 Å². The largest absolute Gasteiger partial charge is 0.496 e. The minimum Gasteiger partial charge on any atom is -0.496 e. The molecule has 1 aliphatic heterocycles. The van der Waals surface area contributed by atoms with Crippen molar-refractivity contribution in [3.05, 3.63) is 27.7 Å². The lowest BCUT2D eigenvalue weighted by Crippen LogP contribution is -2.08. The molecule has 0 radical (unpaired) electrons. The van der Waals surface area contributed by atoms with E-state index in [4.69, 9.17) is 4.74 Å². The minimum atomic E-state index is 0.619. The van der Waals surface area contributed by atoms with Crippen LogP contribution in [0.1, 0.15) is 23.5 Å². The second-order valence-corrected chi connectivity index (χ2v) is 4.85. The lowest BCUT2D eigenvalue weighted by Gasteiger charge is -2.15. The van der Waals surface area contributed by atoms with E-state index in [0.717, 1.165) is 23.3 Å². The number of aryl methyl sites for hydroxylation is 1.